The van der Waals surface area contributed by atoms with Gasteiger partial charge in [-0.2, -0.15) is 0 Å². The first-order valence-corrected chi connectivity index (χ1v) is 14.2. The molecule has 9 heteroatoms. The van der Waals surface area contributed by atoms with Crippen LogP contribution in [0.15, 0.2) is 71.6 Å². The molecule has 0 aromatic heterocycles. The Labute approximate surface area is 230 Å². The summed E-state index contributed by atoms with van der Waals surface area (Å²) in [5.41, 5.74) is 3.83. The number of nitrogens with zero attached hydrogens (tertiary/aromatic N) is 2. The third-order valence-corrected chi connectivity index (χ3v) is 8.75. The van der Waals surface area contributed by atoms with Gasteiger partial charge in [-0.05, 0) is 74.2 Å². The largest absolute Gasteiger partial charge is 0.357 e. The molecule has 0 unspecified atom stereocenters. The van der Waals surface area contributed by atoms with Crippen molar-refractivity contribution >= 4 is 39.1 Å². The number of halogens is 1. The van der Waals surface area contributed by atoms with Crippen molar-refractivity contribution in [3.63, 3.8) is 0 Å². The minimum atomic E-state index is -4.11. The van der Waals surface area contributed by atoms with Crippen molar-refractivity contribution < 1.29 is 18.0 Å². The normalized spacial score (nSPS) is 12.1. The summed E-state index contributed by atoms with van der Waals surface area (Å²) in [6, 6.07) is 18.0. The molecule has 0 aliphatic rings. The number of sulfonamides is 1. The number of likely N-dealkylation sites (N-methyl/N-ethyl adjacent to an activating group) is 1. The van der Waals surface area contributed by atoms with E-state index in [1.807, 2.05) is 26.8 Å². The maximum absolute atomic E-state index is 13.9. The van der Waals surface area contributed by atoms with Crippen LogP contribution in [0.25, 0.3) is 0 Å². The molecule has 1 atom stereocenters. The highest BCUT2D eigenvalue weighted by Gasteiger charge is 2.33. The highest BCUT2D eigenvalue weighted by atomic mass is 35.5. The van der Waals surface area contributed by atoms with Crippen LogP contribution in [0.1, 0.15) is 35.6 Å². The fourth-order valence-corrected chi connectivity index (χ4v) is 5.74. The Kier molecular flexibility index (Phi) is 9.57. The first-order chi connectivity index (χ1) is 18.0. The van der Waals surface area contributed by atoms with Gasteiger partial charge in [0, 0.05) is 18.6 Å². The Bertz CT molecular complexity index is 1410. The molecule has 3 rings (SSSR count). The third kappa shape index (κ3) is 6.55. The van der Waals surface area contributed by atoms with E-state index in [9.17, 15) is 18.0 Å². The van der Waals surface area contributed by atoms with Gasteiger partial charge in [-0.3, -0.25) is 13.9 Å². The van der Waals surface area contributed by atoms with Crippen LogP contribution in [0.5, 0.6) is 0 Å². The molecule has 7 nitrogen and oxygen atoms in total. The summed E-state index contributed by atoms with van der Waals surface area (Å²) in [5.74, 6) is -0.860. The summed E-state index contributed by atoms with van der Waals surface area (Å²) < 4.78 is 28.9. The van der Waals surface area contributed by atoms with Crippen molar-refractivity contribution in [1.82, 2.24) is 10.2 Å². The molecule has 0 saturated carbocycles. The number of carbonyl (C=O) groups is 2. The Morgan fingerprint density at radius 3 is 2.18 bits per heavy atom. The summed E-state index contributed by atoms with van der Waals surface area (Å²) >= 11 is 6.39. The molecule has 0 saturated heterocycles. The first-order valence-electron chi connectivity index (χ1n) is 12.4. The molecule has 0 aliphatic heterocycles. The highest BCUT2D eigenvalue weighted by molar-refractivity contribution is 7.92. The predicted molar refractivity (Wildman–Crippen MR) is 152 cm³/mol. The molecule has 0 heterocycles. The molecule has 0 fully saturated rings. The van der Waals surface area contributed by atoms with E-state index in [0.717, 1.165) is 21.0 Å². The molecule has 0 spiro atoms. The number of benzene rings is 3. The fraction of sp³-hybridized carbons (Fsp3) is 0.310. The Morgan fingerprint density at radius 2 is 1.61 bits per heavy atom. The fourth-order valence-electron chi connectivity index (χ4n) is 4.14. The molecular weight excluding hydrogens is 522 g/mol. The summed E-state index contributed by atoms with van der Waals surface area (Å²) in [5, 5.41) is 3.07. The average molecular weight is 556 g/mol. The van der Waals surface area contributed by atoms with Gasteiger partial charge < -0.3 is 10.2 Å². The molecule has 0 radical (unpaired) electrons. The van der Waals surface area contributed by atoms with Gasteiger partial charge in [0.25, 0.3) is 10.0 Å². The van der Waals surface area contributed by atoms with E-state index in [1.54, 1.807) is 55.5 Å². The third-order valence-electron chi connectivity index (χ3n) is 6.60. The molecule has 0 bridgehead atoms. The van der Waals surface area contributed by atoms with Gasteiger partial charge in [-0.1, -0.05) is 60.5 Å². The summed E-state index contributed by atoms with van der Waals surface area (Å²) in [7, 11) is -2.60. The summed E-state index contributed by atoms with van der Waals surface area (Å²) in [4.78, 5) is 28.2. The molecule has 38 heavy (non-hydrogen) atoms. The number of aryl methyl sites for hydroxylation is 3. The Morgan fingerprint density at radius 1 is 0.947 bits per heavy atom. The SMILES string of the molecule is CC[C@@H](C(=O)NC)N(Cc1ccccc1Cl)C(=O)CN(c1ccc(C)c(C)c1)S(=O)(=O)c1ccc(C)cc1. The van der Waals surface area contributed by atoms with Crippen LogP contribution in [0.2, 0.25) is 5.02 Å². The van der Waals surface area contributed by atoms with Gasteiger partial charge in [0.05, 0.1) is 10.6 Å². The van der Waals surface area contributed by atoms with Gasteiger partial charge in [-0.25, -0.2) is 8.42 Å². The molecule has 1 N–H and O–H groups in total. The van der Waals surface area contributed by atoms with Crippen molar-refractivity contribution in [2.24, 2.45) is 0 Å². The molecule has 0 aliphatic carbocycles. The van der Waals surface area contributed by atoms with Crippen LogP contribution < -0.4 is 9.62 Å². The molecule has 2 amide bonds. The first kappa shape index (κ1) is 29.2. The monoisotopic (exact) mass is 555 g/mol. The van der Waals surface area contributed by atoms with Crippen LogP contribution in [-0.2, 0) is 26.2 Å². The van der Waals surface area contributed by atoms with Crippen molar-refractivity contribution in [2.45, 2.75) is 51.6 Å². The maximum Gasteiger partial charge on any atom is 0.264 e. The van der Waals surface area contributed by atoms with Gasteiger partial charge in [0.1, 0.15) is 12.6 Å². The minimum absolute atomic E-state index is 0.0514. The number of hydrogen-bond donors (Lipinski definition) is 1. The van der Waals surface area contributed by atoms with Gasteiger partial charge >= 0.3 is 0 Å². The van der Waals surface area contributed by atoms with Crippen LogP contribution in [-0.4, -0.2) is 44.8 Å². The number of amides is 2. The number of rotatable bonds is 10. The zero-order valence-corrected chi connectivity index (χ0v) is 23.9. The number of hydrogen-bond acceptors (Lipinski definition) is 4. The van der Waals surface area contributed by atoms with E-state index in [1.165, 1.54) is 24.1 Å². The zero-order valence-electron chi connectivity index (χ0n) is 22.4. The average Bonchev–Trinajstić information content (AvgIpc) is 2.89. The lowest BCUT2D eigenvalue weighted by atomic mass is 10.1. The van der Waals surface area contributed by atoms with Crippen molar-refractivity contribution in [1.29, 1.82) is 0 Å². The lowest BCUT2D eigenvalue weighted by Crippen LogP contribution is -2.51. The number of carbonyl (C=O) groups excluding carboxylic acids is 2. The topological polar surface area (TPSA) is 86.8 Å². The number of anilines is 1. The van der Waals surface area contributed by atoms with E-state index < -0.39 is 28.5 Å². The van der Waals surface area contributed by atoms with Crippen LogP contribution >= 0.6 is 11.6 Å². The highest BCUT2D eigenvalue weighted by Crippen LogP contribution is 2.27. The van der Waals surface area contributed by atoms with Crippen molar-refractivity contribution in [2.75, 3.05) is 17.9 Å². The van der Waals surface area contributed by atoms with Crippen LogP contribution in [0.4, 0.5) is 5.69 Å². The quantitative estimate of drug-likeness (QED) is 0.381. The van der Waals surface area contributed by atoms with Crippen LogP contribution in [0, 0.1) is 20.8 Å². The maximum atomic E-state index is 13.9. The summed E-state index contributed by atoms with van der Waals surface area (Å²) in [6.45, 7) is 7.06. The van der Waals surface area contributed by atoms with E-state index in [2.05, 4.69) is 5.32 Å². The zero-order chi connectivity index (χ0) is 28.0. The summed E-state index contributed by atoms with van der Waals surface area (Å²) in [6.07, 6.45) is 0.338. The van der Waals surface area contributed by atoms with E-state index in [4.69, 9.17) is 11.6 Å². The number of nitrogens with one attached hydrogen (secondary N) is 1. The van der Waals surface area contributed by atoms with Gasteiger partial charge in [0.15, 0.2) is 0 Å². The lowest BCUT2D eigenvalue weighted by molar-refractivity contribution is -0.140. The molecule has 3 aromatic rings. The second-order valence-electron chi connectivity index (χ2n) is 9.24. The second kappa shape index (κ2) is 12.5. The predicted octanol–water partition coefficient (Wildman–Crippen LogP) is 5.01. The molecule has 202 valence electrons. The standard InChI is InChI=1S/C29H34ClN3O4S/c1-6-27(29(35)31-5)32(18-23-9-7-8-10-26(23)30)28(34)19-33(24-14-13-21(3)22(4)17-24)38(36,37)25-15-11-20(2)12-16-25/h7-17,27H,6,18-19H2,1-5H3,(H,31,35)/t27-/m0/s1. The lowest BCUT2D eigenvalue weighted by Gasteiger charge is -2.33. The smallest absolute Gasteiger partial charge is 0.264 e. The van der Waals surface area contributed by atoms with Crippen molar-refractivity contribution in [3.05, 3.63) is 94.0 Å². The molecule has 3 aromatic carbocycles. The Balaban J connectivity index is 2.10. The van der Waals surface area contributed by atoms with Crippen LogP contribution in [0.3, 0.4) is 0 Å². The Hall–Kier alpha value is -3.36. The molecular formula is C29H34ClN3O4S. The van der Waals surface area contributed by atoms with Crippen molar-refractivity contribution in [3.8, 4) is 0 Å². The van der Waals surface area contributed by atoms with E-state index in [0.29, 0.717) is 22.7 Å². The minimum Gasteiger partial charge on any atom is -0.357 e. The second-order valence-corrected chi connectivity index (χ2v) is 11.5. The van der Waals surface area contributed by atoms with E-state index >= 15 is 0 Å². The van der Waals surface area contributed by atoms with Gasteiger partial charge in [-0.15, -0.1) is 0 Å². The van der Waals surface area contributed by atoms with Gasteiger partial charge in [0.2, 0.25) is 11.8 Å². The van der Waals surface area contributed by atoms with E-state index in [-0.39, 0.29) is 17.3 Å².